The first kappa shape index (κ1) is 14.0. The molecular weight excluding hydrogens is 274 g/mol. The van der Waals surface area contributed by atoms with Crippen LogP contribution in [0.3, 0.4) is 0 Å². The molecule has 0 heterocycles. The molecule has 20 heavy (non-hydrogen) atoms. The van der Waals surface area contributed by atoms with Crippen molar-refractivity contribution in [2.24, 2.45) is 11.8 Å². The number of rotatable bonds is 4. The third-order valence-corrected chi connectivity index (χ3v) is 6.18. The topological polar surface area (TPSA) is 66.4 Å². The highest BCUT2D eigenvalue weighted by Gasteiger charge is 2.41. The fourth-order valence-electron chi connectivity index (χ4n) is 3.60. The maximum Gasteiger partial charge on any atom is 0.240 e. The van der Waals surface area contributed by atoms with Gasteiger partial charge in [0.15, 0.2) is 0 Å². The first-order valence-corrected chi connectivity index (χ1v) is 8.74. The maximum atomic E-state index is 12.4. The molecule has 5 heteroatoms. The van der Waals surface area contributed by atoms with Gasteiger partial charge in [0.05, 0.1) is 11.0 Å². The largest absolute Gasteiger partial charge is 0.389 e. The van der Waals surface area contributed by atoms with Crippen LogP contribution in [0.1, 0.15) is 44.3 Å². The number of hydrogen-bond donors (Lipinski definition) is 2. The molecule has 2 saturated carbocycles. The molecule has 4 nitrogen and oxygen atoms in total. The number of hydrogen-bond acceptors (Lipinski definition) is 3. The van der Waals surface area contributed by atoms with Crippen LogP contribution in [0.2, 0.25) is 0 Å². The average Bonchev–Trinajstić information content (AvgIpc) is 3.00. The third kappa shape index (κ3) is 2.62. The van der Waals surface area contributed by atoms with Crippen molar-refractivity contribution < 1.29 is 13.5 Å². The Morgan fingerprint density at radius 2 is 2.10 bits per heavy atom. The summed E-state index contributed by atoms with van der Waals surface area (Å²) in [5.74, 6) is 1.21. The number of aliphatic hydroxyl groups is 1. The molecule has 2 bridgehead atoms. The maximum absolute atomic E-state index is 12.4. The zero-order valence-electron chi connectivity index (χ0n) is 11.6. The van der Waals surface area contributed by atoms with E-state index in [9.17, 15) is 13.5 Å². The van der Waals surface area contributed by atoms with Crippen molar-refractivity contribution in [1.82, 2.24) is 4.72 Å². The standard InChI is InChI=1S/C15H21NO3S/c1-10(17)12-3-2-4-14(9-12)20(18,19)16-15-8-11-5-6-13(15)7-11/h2-4,9-11,13,15-17H,5-8H2,1H3. The normalized spacial score (nSPS) is 30.6. The Morgan fingerprint density at radius 1 is 1.30 bits per heavy atom. The van der Waals surface area contributed by atoms with Crippen molar-refractivity contribution in [3.8, 4) is 0 Å². The van der Waals surface area contributed by atoms with Crippen LogP contribution in [0.15, 0.2) is 29.2 Å². The van der Waals surface area contributed by atoms with E-state index in [4.69, 9.17) is 0 Å². The van der Waals surface area contributed by atoms with Gasteiger partial charge in [-0.1, -0.05) is 18.6 Å². The number of sulfonamides is 1. The van der Waals surface area contributed by atoms with E-state index < -0.39 is 16.1 Å². The van der Waals surface area contributed by atoms with Gasteiger partial charge in [0.2, 0.25) is 10.0 Å². The summed E-state index contributed by atoms with van der Waals surface area (Å²) in [7, 11) is -3.48. The Kier molecular flexibility index (Phi) is 3.60. The Morgan fingerprint density at radius 3 is 2.70 bits per heavy atom. The van der Waals surface area contributed by atoms with Crippen molar-refractivity contribution >= 4 is 10.0 Å². The van der Waals surface area contributed by atoms with Gasteiger partial charge < -0.3 is 5.11 Å². The van der Waals surface area contributed by atoms with Gasteiger partial charge in [-0.15, -0.1) is 0 Å². The zero-order valence-corrected chi connectivity index (χ0v) is 12.4. The SMILES string of the molecule is CC(O)c1cccc(S(=O)(=O)NC2CC3CCC2C3)c1. The molecular formula is C15H21NO3S. The van der Waals surface area contributed by atoms with Gasteiger partial charge in [-0.3, -0.25) is 0 Å². The van der Waals surface area contributed by atoms with E-state index in [1.54, 1.807) is 31.2 Å². The first-order valence-electron chi connectivity index (χ1n) is 7.26. The zero-order chi connectivity index (χ0) is 14.3. The van der Waals surface area contributed by atoms with Crippen LogP contribution in [-0.4, -0.2) is 19.6 Å². The lowest BCUT2D eigenvalue weighted by Gasteiger charge is -2.22. The van der Waals surface area contributed by atoms with Crippen molar-refractivity contribution in [3.63, 3.8) is 0 Å². The minimum atomic E-state index is -3.48. The van der Waals surface area contributed by atoms with Gasteiger partial charge in [0.25, 0.3) is 0 Å². The first-order chi connectivity index (χ1) is 9.45. The van der Waals surface area contributed by atoms with E-state index in [1.807, 2.05) is 0 Å². The van der Waals surface area contributed by atoms with Crippen LogP contribution in [0.25, 0.3) is 0 Å². The molecule has 3 rings (SSSR count). The summed E-state index contributed by atoms with van der Waals surface area (Å²) in [4.78, 5) is 0.249. The third-order valence-electron chi connectivity index (χ3n) is 4.70. The second-order valence-corrected chi connectivity index (χ2v) is 7.87. The molecule has 1 aromatic rings. The van der Waals surface area contributed by atoms with Gasteiger partial charge in [-0.25, -0.2) is 13.1 Å². The number of nitrogens with one attached hydrogen (secondary N) is 1. The average molecular weight is 295 g/mol. The molecule has 4 unspecified atom stereocenters. The van der Waals surface area contributed by atoms with E-state index in [1.165, 1.54) is 12.8 Å². The highest BCUT2D eigenvalue weighted by atomic mass is 32.2. The Hall–Kier alpha value is -0.910. The highest BCUT2D eigenvalue weighted by molar-refractivity contribution is 7.89. The molecule has 0 radical (unpaired) electrons. The van der Waals surface area contributed by atoms with E-state index in [2.05, 4.69) is 4.72 Å². The van der Waals surface area contributed by atoms with Gasteiger partial charge in [0.1, 0.15) is 0 Å². The lowest BCUT2D eigenvalue weighted by molar-refractivity contribution is 0.199. The molecule has 1 aromatic carbocycles. The molecule has 2 fully saturated rings. The minimum Gasteiger partial charge on any atom is -0.389 e. The Labute approximate surface area is 120 Å². The monoisotopic (exact) mass is 295 g/mol. The summed E-state index contributed by atoms with van der Waals surface area (Å²) in [6.45, 7) is 1.63. The van der Waals surface area contributed by atoms with E-state index >= 15 is 0 Å². The molecule has 0 aromatic heterocycles. The van der Waals surface area contributed by atoms with Crippen molar-refractivity contribution in [3.05, 3.63) is 29.8 Å². The highest BCUT2D eigenvalue weighted by Crippen LogP contribution is 2.44. The molecule has 0 amide bonds. The lowest BCUT2D eigenvalue weighted by atomic mass is 9.96. The molecule has 2 aliphatic rings. The van der Waals surface area contributed by atoms with Crippen LogP contribution in [-0.2, 0) is 10.0 Å². The second kappa shape index (κ2) is 5.13. The van der Waals surface area contributed by atoms with E-state index in [0.29, 0.717) is 17.4 Å². The van der Waals surface area contributed by atoms with Crippen LogP contribution in [0, 0.1) is 11.8 Å². The van der Waals surface area contributed by atoms with Crippen LogP contribution in [0.4, 0.5) is 0 Å². The summed E-state index contributed by atoms with van der Waals surface area (Å²) < 4.78 is 27.8. The lowest BCUT2D eigenvalue weighted by Crippen LogP contribution is -2.38. The van der Waals surface area contributed by atoms with Crippen LogP contribution in [0.5, 0.6) is 0 Å². The summed E-state index contributed by atoms with van der Waals surface area (Å²) >= 11 is 0. The number of benzene rings is 1. The summed E-state index contributed by atoms with van der Waals surface area (Å²) in [6, 6.07) is 6.65. The Balaban J connectivity index is 1.79. The van der Waals surface area contributed by atoms with Gasteiger partial charge in [-0.05, 0) is 55.7 Å². The second-order valence-electron chi connectivity index (χ2n) is 6.15. The molecule has 2 aliphatic carbocycles. The van der Waals surface area contributed by atoms with E-state index in [0.717, 1.165) is 12.8 Å². The fourth-order valence-corrected chi connectivity index (χ4v) is 4.97. The van der Waals surface area contributed by atoms with Gasteiger partial charge in [-0.2, -0.15) is 0 Å². The fraction of sp³-hybridized carbons (Fsp3) is 0.600. The van der Waals surface area contributed by atoms with Crippen LogP contribution < -0.4 is 4.72 Å². The number of aliphatic hydroxyl groups excluding tert-OH is 1. The predicted molar refractivity (Wildman–Crippen MR) is 76.6 cm³/mol. The number of fused-ring (bicyclic) bond motifs is 2. The summed E-state index contributed by atoms with van der Waals surface area (Å²) in [6.07, 6.45) is 3.87. The molecule has 4 atom stereocenters. The molecule has 2 N–H and O–H groups in total. The molecule has 0 spiro atoms. The van der Waals surface area contributed by atoms with Crippen LogP contribution >= 0.6 is 0 Å². The van der Waals surface area contributed by atoms with Crippen molar-refractivity contribution in [1.29, 1.82) is 0 Å². The van der Waals surface area contributed by atoms with Gasteiger partial charge in [0, 0.05) is 6.04 Å². The molecule has 0 aliphatic heterocycles. The minimum absolute atomic E-state index is 0.0916. The van der Waals surface area contributed by atoms with Crippen molar-refractivity contribution in [2.75, 3.05) is 0 Å². The quantitative estimate of drug-likeness (QED) is 0.895. The molecule has 110 valence electrons. The smallest absolute Gasteiger partial charge is 0.240 e. The summed E-state index contributed by atoms with van der Waals surface area (Å²) in [5.41, 5.74) is 0.626. The summed E-state index contributed by atoms with van der Waals surface area (Å²) in [5, 5.41) is 9.57. The van der Waals surface area contributed by atoms with Gasteiger partial charge >= 0.3 is 0 Å². The Bertz CT molecular complexity index is 597. The van der Waals surface area contributed by atoms with E-state index in [-0.39, 0.29) is 10.9 Å². The molecule has 0 saturated heterocycles. The van der Waals surface area contributed by atoms with Crippen molar-refractivity contribution in [2.45, 2.75) is 49.6 Å². The predicted octanol–water partition coefficient (Wildman–Crippen LogP) is 2.21.